The first kappa shape index (κ1) is 19.5. The molecule has 0 heterocycles. The molecule has 0 amide bonds. The molecule has 0 spiro atoms. The Labute approximate surface area is 136 Å². The Balaban J connectivity index is 0.000000231. The number of rotatable bonds is 6. The molecule has 128 valence electrons. The Morgan fingerprint density at radius 3 is 2.13 bits per heavy atom. The smallest absolute Gasteiger partial charge is 0.294 e. The van der Waals surface area contributed by atoms with Crippen molar-refractivity contribution in [3.8, 4) is 0 Å². The van der Waals surface area contributed by atoms with Gasteiger partial charge in [0.25, 0.3) is 10.1 Å². The van der Waals surface area contributed by atoms with Crippen LogP contribution in [0.25, 0.3) is 0 Å². The largest absolute Gasteiger partial charge is 0.387 e. The van der Waals surface area contributed by atoms with Crippen LogP contribution < -0.4 is 11.2 Å². The van der Waals surface area contributed by atoms with Crippen molar-refractivity contribution in [1.82, 2.24) is 0 Å². The number of aryl methyl sites for hydroxylation is 1. The lowest BCUT2D eigenvalue weighted by Gasteiger charge is -2.14. The summed E-state index contributed by atoms with van der Waals surface area (Å²) in [6.07, 6.45) is 2.11. The molecule has 0 saturated heterocycles. The van der Waals surface area contributed by atoms with Crippen molar-refractivity contribution in [1.29, 1.82) is 0 Å². The summed E-state index contributed by atoms with van der Waals surface area (Å²) in [5, 5.41) is 9.44. The van der Waals surface area contributed by atoms with E-state index in [1.807, 2.05) is 6.92 Å². The summed E-state index contributed by atoms with van der Waals surface area (Å²) >= 11 is 0. The quantitative estimate of drug-likeness (QED) is 0.689. The van der Waals surface area contributed by atoms with Crippen molar-refractivity contribution < 1.29 is 18.1 Å². The maximum absolute atomic E-state index is 10.6. The van der Waals surface area contributed by atoms with Crippen molar-refractivity contribution in [2.75, 3.05) is 0 Å². The van der Waals surface area contributed by atoms with E-state index in [-0.39, 0.29) is 16.4 Å². The fraction of sp³-hybridized carbons (Fsp3) is 0.438. The lowest BCUT2D eigenvalue weighted by Crippen LogP contribution is -2.27. The van der Waals surface area contributed by atoms with Crippen LogP contribution in [0.3, 0.4) is 0 Å². The molecule has 23 heavy (non-hydrogen) atoms. The average Bonchev–Trinajstić information content (AvgIpc) is 3.21. The van der Waals surface area contributed by atoms with E-state index in [4.69, 9.17) is 10.3 Å². The van der Waals surface area contributed by atoms with Crippen LogP contribution in [0.4, 0.5) is 0 Å². The van der Waals surface area contributed by atoms with Crippen LogP contribution in [0.2, 0.25) is 0 Å². The van der Waals surface area contributed by atoms with Gasteiger partial charge in [0, 0.05) is 11.6 Å². The number of benzene rings is 1. The Bertz CT molecular complexity index is 714. The topological polar surface area (TPSA) is 118 Å². The molecule has 0 aromatic heterocycles. The number of aliphatic hydroxyl groups excluding tert-OH is 1. The highest BCUT2D eigenvalue weighted by molar-refractivity contribution is 7.85. The van der Waals surface area contributed by atoms with Gasteiger partial charge in [-0.25, -0.2) is 0 Å². The minimum absolute atomic E-state index is 0.0468. The third-order valence-corrected chi connectivity index (χ3v) is 4.29. The molecule has 6 nitrogen and oxygen atoms in total. The zero-order valence-electron chi connectivity index (χ0n) is 13.3. The van der Waals surface area contributed by atoms with Crippen molar-refractivity contribution in [2.24, 2.45) is 5.73 Å². The Morgan fingerprint density at radius 1 is 1.22 bits per heavy atom. The molecular weight excluding hydrogens is 318 g/mol. The van der Waals surface area contributed by atoms with E-state index in [2.05, 4.69) is 6.92 Å². The van der Waals surface area contributed by atoms with Crippen LogP contribution in [0.1, 0.15) is 43.4 Å². The highest BCUT2D eigenvalue weighted by Gasteiger charge is 2.23. The normalized spacial score (nSPS) is 14.1. The van der Waals surface area contributed by atoms with Gasteiger partial charge in [-0.15, -0.1) is 0 Å². The van der Waals surface area contributed by atoms with E-state index in [1.165, 1.54) is 18.2 Å². The van der Waals surface area contributed by atoms with Crippen LogP contribution in [-0.4, -0.2) is 24.1 Å². The molecule has 0 saturated carbocycles. The molecule has 7 heteroatoms. The SMILES string of the molecule is CCCC[C@H](N)C(O)c1cc1=O.Cc1ccc(S(=O)(=O)O)cc1. The number of hydrogen-bond donors (Lipinski definition) is 3. The van der Waals surface area contributed by atoms with Crippen LogP contribution in [0.15, 0.2) is 40.0 Å². The number of aliphatic hydroxyl groups is 1. The molecule has 2 aromatic carbocycles. The van der Waals surface area contributed by atoms with Gasteiger partial charge in [0.05, 0.1) is 11.0 Å². The lowest BCUT2D eigenvalue weighted by molar-refractivity contribution is 0.144. The maximum Gasteiger partial charge on any atom is 0.294 e. The van der Waals surface area contributed by atoms with E-state index in [9.17, 15) is 18.3 Å². The maximum atomic E-state index is 10.6. The number of unbranched alkanes of at least 4 members (excludes halogenated alkanes) is 1. The highest BCUT2D eigenvalue weighted by Crippen LogP contribution is 2.18. The van der Waals surface area contributed by atoms with Gasteiger partial charge in [-0.1, -0.05) is 37.5 Å². The first-order valence-corrected chi connectivity index (χ1v) is 8.84. The van der Waals surface area contributed by atoms with E-state index in [1.54, 1.807) is 12.1 Å². The predicted molar refractivity (Wildman–Crippen MR) is 88.5 cm³/mol. The van der Waals surface area contributed by atoms with Crippen molar-refractivity contribution in [3.63, 3.8) is 0 Å². The van der Waals surface area contributed by atoms with E-state index in [0.717, 1.165) is 24.8 Å². The van der Waals surface area contributed by atoms with E-state index < -0.39 is 16.2 Å². The molecule has 1 unspecified atom stereocenters. The molecule has 0 aliphatic heterocycles. The summed E-state index contributed by atoms with van der Waals surface area (Å²) in [6, 6.07) is 7.15. The van der Waals surface area contributed by atoms with Gasteiger partial charge in [0.1, 0.15) is 0 Å². The minimum Gasteiger partial charge on any atom is -0.387 e. The second kappa shape index (κ2) is 8.35. The summed E-state index contributed by atoms with van der Waals surface area (Å²) in [6.45, 7) is 3.91. The van der Waals surface area contributed by atoms with Crippen LogP contribution in [-0.2, 0) is 10.1 Å². The van der Waals surface area contributed by atoms with E-state index in [0.29, 0.717) is 5.56 Å². The molecule has 4 N–H and O–H groups in total. The van der Waals surface area contributed by atoms with E-state index >= 15 is 0 Å². The third kappa shape index (κ3) is 6.62. The molecule has 0 aliphatic carbocycles. The monoisotopic (exact) mass is 341 g/mol. The van der Waals surface area contributed by atoms with Crippen molar-refractivity contribution in [2.45, 2.75) is 50.2 Å². The fourth-order valence-corrected chi connectivity index (χ4v) is 2.35. The average molecular weight is 341 g/mol. The summed E-state index contributed by atoms with van der Waals surface area (Å²) in [7, 11) is -4.02. The fourth-order valence-electron chi connectivity index (χ4n) is 1.87. The van der Waals surface area contributed by atoms with Gasteiger partial charge in [0.2, 0.25) is 0 Å². The molecule has 0 radical (unpaired) electrons. The first-order valence-electron chi connectivity index (χ1n) is 7.40. The Hall–Kier alpha value is -1.54. The molecule has 0 aliphatic rings. The lowest BCUT2D eigenvalue weighted by atomic mass is 10.0. The molecule has 0 bridgehead atoms. The molecular formula is C16H23NO5S. The number of hydrogen-bond acceptors (Lipinski definition) is 5. The summed E-state index contributed by atoms with van der Waals surface area (Å²) < 4.78 is 29.6. The molecule has 2 rings (SSSR count). The Kier molecular flexibility index (Phi) is 7.08. The minimum atomic E-state index is -4.02. The van der Waals surface area contributed by atoms with Gasteiger partial charge in [0.15, 0.2) is 5.43 Å². The van der Waals surface area contributed by atoms with Crippen LogP contribution in [0, 0.1) is 6.92 Å². The van der Waals surface area contributed by atoms with Crippen molar-refractivity contribution in [3.05, 3.63) is 51.7 Å². The highest BCUT2D eigenvalue weighted by atomic mass is 32.2. The van der Waals surface area contributed by atoms with Crippen LogP contribution in [0.5, 0.6) is 0 Å². The molecule has 0 fully saturated rings. The Morgan fingerprint density at radius 2 is 1.74 bits per heavy atom. The predicted octanol–water partition coefficient (Wildman–Crippen LogP) is 1.72. The summed E-state index contributed by atoms with van der Waals surface area (Å²) in [5.41, 5.74) is 7.07. The zero-order valence-corrected chi connectivity index (χ0v) is 14.1. The summed E-state index contributed by atoms with van der Waals surface area (Å²) in [4.78, 5) is 10.5. The van der Waals surface area contributed by atoms with Gasteiger partial charge in [-0.2, -0.15) is 8.42 Å². The van der Waals surface area contributed by atoms with Gasteiger partial charge in [-0.05, 0) is 31.5 Å². The molecule has 2 aromatic rings. The second-order valence-electron chi connectivity index (χ2n) is 5.50. The van der Waals surface area contributed by atoms with Crippen molar-refractivity contribution >= 4 is 10.1 Å². The van der Waals surface area contributed by atoms with Gasteiger partial charge >= 0.3 is 0 Å². The third-order valence-electron chi connectivity index (χ3n) is 3.42. The standard InChI is InChI=1S/C9H15NO2.C7H8O3S/c1-2-3-4-7(10)9(12)6-5-8(6)11;1-6-2-4-7(5-3-6)11(8,9)10/h5,7,9,12H,2-4,10H2,1H3;2-5H,1H3,(H,8,9,10)/t7-,9?;/m0./s1. The van der Waals surface area contributed by atoms with Gasteiger partial charge in [-0.3, -0.25) is 9.35 Å². The van der Waals surface area contributed by atoms with Gasteiger partial charge < -0.3 is 10.8 Å². The number of nitrogens with two attached hydrogens (primary N) is 1. The molecule has 2 atom stereocenters. The summed E-state index contributed by atoms with van der Waals surface area (Å²) in [5.74, 6) is 0. The van der Waals surface area contributed by atoms with Crippen LogP contribution >= 0.6 is 0 Å². The second-order valence-corrected chi connectivity index (χ2v) is 6.92. The first-order chi connectivity index (χ1) is 10.7. The zero-order chi connectivity index (χ0) is 17.6.